The highest BCUT2D eigenvalue weighted by molar-refractivity contribution is 7.92. The van der Waals surface area contributed by atoms with Gasteiger partial charge in [-0.15, -0.1) is 0 Å². The fraction of sp³-hybridized carbons (Fsp3) is 0.650. The van der Waals surface area contributed by atoms with Gasteiger partial charge < -0.3 is 4.74 Å². The molecule has 7 heteroatoms. The maximum absolute atomic E-state index is 13.2. The first-order valence-electron chi connectivity index (χ1n) is 9.46. The maximum atomic E-state index is 13.2. The van der Waals surface area contributed by atoms with Crippen LogP contribution in [0.25, 0.3) is 0 Å². The highest BCUT2D eigenvalue weighted by Crippen LogP contribution is 2.33. The second-order valence-electron chi connectivity index (χ2n) is 8.17. The molecule has 1 aliphatic carbocycles. The van der Waals surface area contributed by atoms with E-state index in [9.17, 15) is 13.2 Å². The van der Waals surface area contributed by atoms with E-state index >= 15 is 0 Å². The van der Waals surface area contributed by atoms with Crippen molar-refractivity contribution in [2.45, 2.75) is 75.0 Å². The molecule has 1 atom stereocenters. The summed E-state index contributed by atoms with van der Waals surface area (Å²) in [5.41, 5.74) is 1.86. The van der Waals surface area contributed by atoms with E-state index in [1.54, 1.807) is 24.3 Å². The van der Waals surface area contributed by atoms with E-state index in [2.05, 4.69) is 5.48 Å². The molecule has 0 aliphatic heterocycles. The Morgan fingerprint density at radius 2 is 1.78 bits per heavy atom. The van der Waals surface area contributed by atoms with Crippen LogP contribution in [0.2, 0.25) is 0 Å². The van der Waals surface area contributed by atoms with E-state index in [0.717, 1.165) is 25.7 Å². The van der Waals surface area contributed by atoms with Crippen LogP contribution in [0.1, 0.15) is 59.3 Å². The summed E-state index contributed by atoms with van der Waals surface area (Å²) in [6.07, 6.45) is 4.68. The molecule has 1 aromatic carbocycles. The lowest BCUT2D eigenvalue weighted by molar-refractivity contribution is -0.145. The molecule has 1 aliphatic rings. The van der Waals surface area contributed by atoms with Gasteiger partial charge in [-0.05, 0) is 57.4 Å². The molecule has 1 fully saturated rings. The summed E-state index contributed by atoms with van der Waals surface area (Å²) in [4.78, 5) is 17.8. The molecule has 1 N–H and O–H groups in total. The molecule has 1 saturated carbocycles. The number of hydrogen-bond donors (Lipinski definition) is 1. The van der Waals surface area contributed by atoms with Crippen molar-refractivity contribution in [1.29, 1.82) is 0 Å². The van der Waals surface area contributed by atoms with Gasteiger partial charge in [-0.1, -0.05) is 25.7 Å². The first-order valence-corrected chi connectivity index (χ1v) is 11.0. The molecule has 0 heterocycles. The molecular formula is C20H31NO5S. The summed E-state index contributed by atoms with van der Waals surface area (Å²) < 4.78 is 31.5. The van der Waals surface area contributed by atoms with Gasteiger partial charge in [0.2, 0.25) is 5.91 Å². The standard InChI is InChI=1S/C20H31NO5S/c1-20(2,3)26-21-19(22)14-18(13-15-7-5-6-8-15)27(23,24)17-11-9-16(25-4)10-12-17/h9-12,15,18H,5-8,13-14H2,1-4H3,(H,21,22). The molecule has 2 rings (SSSR count). The monoisotopic (exact) mass is 397 g/mol. The van der Waals surface area contributed by atoms with Crippen LogP contribution in [-0.2, 0) is 19.5 Å². The minimum atomic E-state index is -3.63. The molecule has 152 valence electrons. The predicted molar refractivity (Wildman–Crippen MR) is 104 cm³/mol. The first-order chi connectivity index (χ1) is 12.6. The van der Waals surface area contributed by atoms with Gasteiger partial charge in [0.25, 0.3) is 0 Å². The summed E-state index contributed by atoms with van der Waals surface area (Å²) in [5, 5.41) is -0.766. The highest BCUT2D eigenvalue weighted by Gasteiger charge is 2.33. The molecule has 0 aromatic heterocycles. The molecule has 0 bridgehead atoms. The third kappa shape index (κ3) is 6.50. The largest absolute Gasteiger partial charge is 0.497 e. The van der Waals surface area contributed by atoms with E-state index in [0.29, 0.717) is 18.1 Å². The number of hydrogen-bond acceptors (Lipinski definition) is 5. The van der Waals surface area contributed by atoms with Crippen molar-refractivity contribution >= 4 is 15.7 Å². The van der Waals surface area contributed by atoms with Gasteiger partial charge in [0.05, 0.1) is 22.9 Å². The van der Waals surface area contributed by atoms with Crippen molar-refractivity contribution in [3.63, 3.8) is 0 Å². The number of rotatable bonds is 8. The van der Waals surface area contributed by atoms with Crippen molar-refractivity contribution in [3.05, 3.63) is 24.3 Å². The van der Waals surface area contributed by atoms with E-state index < -0.39 is 26.6 Å². The number of benzene rings is 1. The zero-order chi connectivity index (χ0) is 20.1. The molecule has 0 saturated heterocycles. The summed E-state index contributed by atoms with van der Waals surface area (Å²) in [6.45, 7) is 5.45. The van der Waals surface area contributed by atoms with Crippen LogP contribution in [0.3, 0.4) is 0 Å². The molecule has 0 spiro atoms. The molecule has 6 nitrogen and oxygen atoms in total. The third-order valence-electron chi connectivity index (χ3n) is 4.78. The van der Waals surface area contributed by atoms with Crippen LogP contribution in [0.4, 0.5) is 0 Å². The van der Waals surface area contributed by atoms with Crippen molar-refractivity contribution < 1.29 is 22.8 Å². The Labute approximate surface area is 162 Å². The van der Waals surface area contributed by atoms with E-state index in [-0.39, 0.29) is 11.3 Å². The lowest BCUT2D eigenvalue weighted by Crippen LogP contribution is -2.37. The van der Waals surface area contributed by atoms with Gasteiger partial charge in [-0.25, -0.2) is 13.9 Å². The third-order valence-corrected chi connectivity index (χ3v) is 6.95. The number of carbonyl (C=O) groups excluding carboxylic acids is 1. The summed E-state index contributed by atoms with van der Waals surface area (Å²) >= 11 is 0. The maximum Gasteiger partial charge on any atom is 0.244 e. The Morgan fingerprint density at radius 3 is 2.30 bits per heavy atom. The first kappa shape index (κ1) is 21.7. The van der Waals surface area contributed by atoms with Gasteiger partial charge >= 0.3 is 0 Å². The van der Waals surface area contributed by atoms with Gasteiger partial charge in [-0.3, -0.25) is 9.63 Å². The summed E-state index contributed by atoms with van der Waals surface area (Å²) in [7, 11) is -2.10. The number of hydroxylamine groups is 1. The Balaban J connectivity index is 2.17. The van der Waals surface area contributed by atoms with Crippen LogP contribution in [-0.4, -0.2) is 32.3 Å². The molecule has 1 amide bonds. The van der Waals surface area contributed by atoms with Crippen LogP contribution < -0.4 is 10.2 Å². The quantitative estimate of drug-likeness (QED) is 0.677. The fourth-order valence-corrected chi connectivity index (χ4v) is 5.15. The van der Waals surface area contributed by atoms with Crippen LogP contribution in [0.5, 0.6) is 5.75 Å². The summed E-state index contributed by atoms with van der Waals surface area (Å²) in [6, 6.07) is 6.34. The zero-order valence-electron chi connectivity index (χ0n) is 16.7. The highest BCUT2D eigenvalue weighted by atomic mass is 32.2. The second-order valence-corrected chi connectivity index (χ2v) is 10.4. The van der Waals surface area contributed by atoms with Crippen LogP contribution in [0, 0.1) is 5.92 Å². The van der Waals surface area contributed by atoms with Gasteiger partial charge in [0.15, 0.2) is 9.84 Å². The van der Waals surface area contributed by atoms with Crippen molar-refractivity contribution in [1.82, 2.24) is 5.48 Å². The van der Waals surface area contributed by atoms with Crippen molar-refractivity contribution in [3.8, 4) is 5.75 Å². The van der Waals surface area contributed by atoms with Crippen LogP contribution in [0.15, 0.2) is 29.2 Å². The van der Waals surface area contributed by atoms with Gasteiger partial charge in [0.1, 0.15) is 5.75 Å². The lowest BCUT2D eigenvalue weighted by Gasteiger charge is -2.23. The number of methoxy groups -OCH3 is 1. The second kappa shape index (κ2) is 9.06. The smallest absolute Gasteiger partial charge is 0.244 e. The number of amides is 1. The Morgan fingerprint density at radius 1 is 1.19 bits per heavy atom. The van der Waals surface area contributed by atoms with Gasteiger partial charge in [0, 0.05) is 6.42 Å². The minimum absolute atomic E-state index is 0.110. The predicted octanol–water partition coefficient (Wildman–Crippen LogP) is 3.65. The molecular weight excluding hydrogens is 366 g/mol. The molecule has 1 aromatic rings. The Hall–Kier alpha value is -1.60. The minimum Gasteiger partial charge on any atom is -0.497 e. The topological polar surface area (TPSA) is 81.7 Å². The van der Waals surface area contributed by atoms with E-state index in [1.807, 2.05) is 20.8 Å². The number of ether oxygens (including phenoxy) is 1. The fourth-order valence-electron chi connectivity index (χ4n) is 3.35. The zero-order valence-corrected chi connectivity index (χ0v) is 17.5. The lowest BCUT2D eigenvalue weighted by atomic mass is 10.00. The number of nitrogens with one attached hydrogen (secondary N) is 1. The van der Waals surface area contributed by atoms with Crippen molar-refractivity contribution in [2.24, 2.45) is 5.92 Å². The average Bonchev–Trinajstić information content (AvgIpc) is 3.12. The number of carbonyl (C=O) groups is 1. The van der Waals surface area contributed by atoms with Crippen molar-refractivity contribution in [2.75, 3.05) is 7.11 Å². The Kier molecular flexibility index (Phi) is 7.28. The van der Waals surface area contributed by atoms with Crippen LogP contribution >= 0.6 is 0 Å². The SMILES string of the molecule is COc1ccc(S(=O)(=O)C(CC(=O)NOC(C)(C)C)CC2CCCC2)cc1. The van der Waals surface area contributed by atoms with E-state index in [4.69, 9.17) is 9.57 Å². The molecule has 0 radical (unpaired) electrons. The normalized spacial score (nSPS) is 16.9. The van der Waals surface area contributed by atoms with Gasteiger partial charge in [-0.2, -0.15) is 0 Å². The molecule has 1 unspecified atom stereocenters. The Bertz CT molecular complexity index is 716. The van der Waals surface area contributed by atoms with E-state index in [1.165, 1.54) is 7.11 Å². The number of sulfone groups is 1. The average molecular weight is 398 g/mol. The molecule has 27 heavy (non-hydrogen) atoms. The summed E-state index contributed by atoms with van der Waals surface area (Å²) in [5.74, 6) is 0.530.